The number of nitrogens with one attached hydrogen (secondary N) is 2. The van der Waals surface area contributed by atoms with Crippen molar-refractivity contribution in [1.82, 2.24) is 15.3 Å². The molecule has 0 saturated carbocycles. The molecule has 0 aliphatic carbocycles. The third-order valence-corrected chi connectivity index (χ3v) is 6.57. The number of rotatable bonds is 6. The fourth-order valence-corrected chi connectivity index (χ4v) is 4.90. The molecule has 4 heterocycles. The zero-order chi connectivity index (χ0) is 20.4. The standard InChI is InChI=1S/C19H16N4O3S3/c1-10-16(29-18(21-10)12-5-6-27-8-12)17(25)23-19-22-14(9-28-19)15-4-3-13(26-15)7-20-11(2)24/h3-6,8-9H,7H2,1-2H3,(H,20,24)(H,22,23,25). The lowest BCUT2D eigenvalue weighted by molar-refractivity contribution is -0.119. The van der Waals surface area contributed by atoms with Crippen molar-refractivity contribution in [3.8, 4) is 22.0 Å². The molecule has 0 atom stereocenters. The molecule has 4 rings (SSSR count). The van der Waals surface area contributed by atoms with Crippen LogP contribution >= 0.6 is 34.0 Å². The van der Waals surface area contributed by atoms with E-state index in [0.29, 0.717) is 39.5 Å². The van der Waals surface area contributed by atoms with E-state index in [4.69, 9.17) is 4.42 Å². The van der Waals surface area contributed by atoms with Crippen LogP contribution < -0.4 is 10.6 Å². The molecule has 0 aromatic carbocycles. The van der Waals surface area contributed by atoms with E-state index in [9.17, 15) is 9.59 Å². The molecule has 7 nitrogen and oxygen atoms in total. The number of amides is 2. The fourth-order valence-electron chi connectivity index (χ4n) is 2.54. The van der Waals surface area contributed by atoms with E-state index < -0.39 is 0 Å². The topological polar surface area (TPSA) is 97.1 Å². The molecule has 2 N–H and O–H groups in total. The van der Waals surface area contributed by atoms with Crippen LogP contribution in [0.5, 0.6) is 0 Å². The van der Waals surface area contributed by atoms with Crippen LogP contribution in [0.2, 0.25) is 0 Å². The lowest BCUT2D eigenvalue weighted by Gasteiger charge is -1.99. The Morgan fingerprint density at radius 3 is 2.79 bits per heavy atom. The van der Waals surface area contributed by atoms with Crippen molar-refractivity contribution in [2.24, 2.45) is 0 Å². The number of hydrogen-bond acceptors (Lipinski definition) is 8. The summed E-state index contributed by atoms with van der Waals surface area (Å²) in [7, 11) is 0. The largest absolute Gasteiger partial charge is 0.458 e. The zero-order valence-corrected chi connectivity index (χ0v) is 18.0. The number of hydrogen-bond donors (Lipinski definition) is 2. The van der Waals surface area contributed by atoms with Gasteiger partial charge in [0.25, 0.3) is 5.91 Å². The minimum absolute atomic E-state index is 0.123. The molecule has 0 spiro atoms. The van der Waals surface area contributed by atoms with Gasteiger partial charge in [0.05, 0.1) is 12.2 Å². The summed E-state index contributed by atoms with van der Waals surface area (Å²) in [6.45, 7) is 3.60. The van der Waals surface area contributed by atoms with Crippen molar-refractivity contribution in [2.75, 3.05) is 5.32 Å². The van der Waals surface area contributed by atoms with Crippen molar-refractivity contribution < 1.29 is 14.0 Å². The third-order valence-electron chi connectivity index (χ3n) is 3.92. The van der Waals surface area contributed by atoms with Crippen LogP contribution in [0, 0.1) is 6.92 Å². The molecule has 0 aliphatic rings. The molecule has 0 aliphatic heterocycles. The number of thiophene rings is 1. The van der Waals surface area contributed by atoms with Crippen LogP contribution in [0.3, 0.4) is 0 Å². The molecule has 4 aromatic rings. The quantitative estimate of drug-likeness (QED) is 0.446. The molecule has 4 aromatic heterocycles. The highest BCUT2D eigenvalue weighted by Crippen LogP contribution is 2.31. The monoisotopic (exact) mass is 444 g/mol. The van der Waals surface area contributed by atoms with Crippen LogP contribution in [-0.2, 0) is 11.3 Å². The Hall–Kier alpha value is -2.82. The first kappa shape index (κ1) is 19.5. The maximum absolute atomic E-state index is 12.7. The highest BCUT2D eigenvalue weighted by Gasteiger charge is 2.18. The number of furan rings is 1. The van der Waals surface area contributed by atoms with E-state index in [1.54, 1.807) is 23.5 Å². The Morgan fingerprint density at radius 2 is 2.03 bits per heavy atom. The van der Waals surface area contributed by atoms with Crippen molar-refractivity contribution in [3.05, 3.63) is 50.7 Å². The Labute approximate surface area is 178 Å². The summed E-state index contributed by atoms with van der Waals surface area (Å²) in [5.74, 6) is 0.862. The Morgan fingerprint density at radius 1 is 1.17 bits per heavy atom. The summed E-state index contributed by atoms with van der Waals surface area (Å²) in [4.78, 5) is 33.2. The molecule has 0 fully saturated rings. The second-order valence-electron chi connectivity index (χ2n) is 6.11. The lowest BCUT2D eigenvalue weighted by atomic mass is 10.3. The van der Waals surface area contributed by atoms with Gasteiger partial charge >= 0.3 is 0 Å². The average molecular weight is 445 g/mol. The molecule has 0 saturated heterocycles. The number of aromatic nitrogens is 2. The fraction of sp³-hybridized carbons (Fsp3) is 0.158. The van der Waals surface area contributed by atoms with E-state index >= 15 is 0 Å². The molecule has 148 valence electrons. The second-order valence-corrected chi connectivity index (χ2v) is 8.75. The van der Waals surface area contributed by atoms with Gasteiger partial charge in [-0.05, 0) is 30.5 Å². The van der Waals surface area contributed by atoms with Gasteiger partial charge in [0, 0.05) is 23.2 Å². The van der Waals surface area contributed by atoms with Crippen LogP contribution in [0.4, 0.5) is 5.13 Å². The first-order valence-electron chi connectivity index (χ1n) is 8.60. The molecule has 0 unspecified atom stereocenters. The molecule has 0 radical (unpaired) electrons. The normalized spacial score (nSPS) is 10.8. The van der Waals surface area contributed by atoms with Crippen molar-refractivity contribution in [2.45, 2.75) is 20.4 Å². The van der Waals surface area contributed by atoms with Crippen molar-refractivity contribution in [1.29, 1.82) is 0 Å². The molecular formula is C19H16N4O3S3. The average Bonchev–Trinajstić information content (AvgIpc) is 3.46. The van der Waals surface area contributed by atoms with Gasteiger partial charge in [-0.2, -0.15) is 11.3 Å². The third kappa shape index (κ3) is 4.44. The van der Waals surface area contributed by atoms with Gasteiger partial charge in [0.1, 0.15) is 21.3 Å². The van der Waals surface area contributed by atoms with Gasteiger partial charge in [-0.15, -0.1) is 22.7 Å². The number of thiazole rings is 2. The number of aryl methyl sites for hydroxylation is 1. The number of anilines is 1. The maximum Gasteiger partial charge on any atom is 0.269 e. The van der Waals surface area contributed by atoms with Crippen molar-refractivity contribution in [3.63, 3.8) is 0 Å². The van der Waals surface area contributed by atoms with Crippen molar-refractivity contribution >= 4 is 51.0 Å². The Kier molecular flexibility index (Phi) is 5.56. The van der Waals surface area contributed by atoms with Gasteiger partial charge in [0.15, 0.2) is 10.9 Å². The highest BCUT2D eigenvalue weighted by molar-refractivity contribution is 7.18. The highest BCUT2D eigenvalue weighted by atomic mass is 32.1. The Bertz CT molecular complexity index is 1160. The minimum Gasteiger partial charge on any atom is -0.458 e. The van der Waals surface area contributed by atoms with E-state index in [1.807, 2.05) is 29.1 Å². The zero-order valence-electron chi connectivity index (χ0n) is 15.5. The summed E-state index contributed by atoms with van der Waals surface area (Å²) in [6, 6.07) is 5.56. The summed E-state index contributed by atoms with van der Waals surface area (Å²) >= 11 is 4.28. The second kappa shape index (κ2) is 8.27. The minimum atomic E-state index is -0.229. The number of nitrogens with zero attached hydrogens (tertiary/aromatic N) is 2. The summed E-state index contributed by atoms with van der Waals surface area (Å²) in [5, 5.41) is 12.6. The van der Waals surface area contributed by atoms with E-state index in [2.05, 4.69) is 20.6 Å². The molecule has 2 amide bonds. The van der Waals surface area contributed by atoms with Gasteiger partial charge in [-0.3, -0.25) is 14.9 Å². The van der Waals surface area contributed by atoms with Crippen LogP contribution in [-0.4, -0.2) is 21.8 Å². The van der Waals surface area contributed by atoms with Crippen LogP contribution in [0.25, 0.3) is 22.0 Å². The predicted octanol–water partition coefficient (Wildman–Crippen LogP) is 4.78. The van der Waals surface area contributed by atoms with Crippen LogP contribution in [0.1, 0.15) is 28.0 Å². The van der Waals surface area contributed by atoms with Gasteiger partial charge in [-0.25, -0.2) is 9.97 Å². The Balaban J connectivity index is 1.45. The summed E-state index contributed by atoms with van der Waals surface area (Å²) in [5.41, 5.74) is 2.34. The summed E-state index contributed by atoms with van der Waals surface area (Å²) in [6.07, 6.45) is 0. The number of carbonyl (C=O) groups excluding carboxylic acids is 2. The smallest absolute Gasteiger partial charge is 0.269 e. The lowest BCUT2D eigenvalue weighted by Crippen LogP contribution is -2.18. The van der Waals surface area contributed by atoms with Gasteiger partial charge < -0.3 is 9.73 Å². The van der Waals surface area contributed by atoms with Gasteiger partial charge in [-0.1, -0.05) is 0 Å². The molecule has 29 heavy (non-hydrogen) atoms. The summed E-state index contributed by atoms with van der Waals surface area (Å²) < 4.78 is 5.70. The first-order valence-corrected chi connectivity index (χ1v) is 11.2. The number of carbonyl (C=O) groups is 2. The predicted molar refractivity (Wildman–Crippen MR) is 115 cm³/mol. The SMILES string of the molecule is CC(=O)NCc1ccc(-c2csc(NC(=O)c3sc(-c4ccsc4)nc3C)n2)o1. The first-order chi connectivity index (χ1) is 14.0. The van der Waals surface area contributed by atoms with Gasteiger partial charge in [0.2, 0.25) is 5.91 Å². The maximum atomic E-state index is 12.7. The van der Waals surface area contributed by atoms with Crippen LogP contribution in [0.15, 0.2) is 38.8 Å². The molecule has 0 bridgehead atoms. The van der Waals surface area contributed by atoms with E-state index in [-0.39, 0.29) is 11.8 Å². The van der Waals surface area contributed by atoms with E-state index in [1.165, 1.54) is 29.6 Å². The van der Waals surface area contributed by atoms with E-state index in [0.717, 1.165) is 10.6 Å². The molecular weight excluding hydrogens is 428 g/mol. The molecule has 10 heteroatoms.